The molecule has 0 saturated heterocycles. The van der Waals surface area contributed by atoms with E-state index in [2.05, 4.69) is 34.6 Å². The minimum Gasteiger partial charge on any atom is -0.395 e. The lowest BCUT2D eigenvalue weighted by Gasteiger charge is -2.19. The molecule has 0 fully saturated rings. The molecule has 0 atom stereocenters. The van der Waals surface area contributed by atoms with Gasteiger partial charge in [-0.05, 0) is 38.1 Å². The smallest absolute Gasteiger partial charge is 0.124 e. The van der Waals surface area contributed by atoms with E-state index in [1.807, 2.05) is 6.07 Å². The van der Waals surface area contributed by atoms with Gasteiger partial charge in [-0.25, -0.2) is 4.98 Å². The van der Waals surface area contributed by atoms with Gasteiger partial charge in [-0.2, -0.15) is 0 Å². The lowest BCUT2D eigenvalue weighted by Crippen LogP contribution is -2.27. The van der Waals surface area contributed by atoms with Crippen molar-refractivity contribution in [3.63, 3.8) is 0 Å². The number of nitrogens with two attached hydrogens (primary N) is 1. The van der Waals surface area contributed by atoms with Crippen molar-refractivity contribution in [3.05, 3.63) is 30.1 Å². The third-order valence-corrected chi connectivity index (χ3v) is 3.80. The molecular weight excluding hydrogens is 264 g/mol. The van der Waals surface area contributed by atoms with Gasteiger partial charge in [-0.3, -0.25) is 4.90 Å². The van der Waals surface area contributed by atoms with Crippen LogP contribution in [0.3, 0.4) is 0 Å². The highest BCUT2D eigenvalue weighted by atomic mass is 16.3. The van der Waals surface area contributed by atoms with Crippen molar-refractivity contribution >= 4 is 11.0 Å². The van der Waals surface area contributed by atoms with Crippen LogP contribution in [0.2, 0.25) is 0 Å². The first-order valence-corrected chi connectivity index (χ1v) is 7.77. The number of fused-ring (bicyclic) bond motifs is 1. The number of likely N-dealkylation sites (N-methyl/N-ethyl adjacent to an activating group) is 1. The van der Waals surface area contributed by atoms with Crippen LogP contribution in [0.4, 0.5) is 0 Å². The van der Waals surface area contributed by atoms with Gasteiger partial charge in [0.15, 0.2) is 0 Å². The van der Waals surface area contributed by atoms with Crippen LogP contribution in [0, 0.1) is 0 Å². The summed E-state index contributed by atoms with van der Waals surface area (Å²) in [5, 5.41) is 9.15. The molecular formula is C16H26N4O. The SMILES string of the molecule is CCN(CCO)Cc1nc2ccccc2n1CCCCN. The summed E-state index contributed by atoms with van der Waals surface area (Å²) < 4.78 is 2.30. The molecule has 0 radical (unpaired) electrons. The first kappa shape index (κ1) is 15.9. The zero-order valence-corrected chi connectivity index (χ0v) is 12.8. The first-order chi connectivity index (χ1) is 10.3. The van der Waals surface area contributed by atoms with Crippen molar-refractivity contribution < 1.29 is 5.11 Å². The molecule has 0 aliphatic heterocycles. The molecule has 0 bridgehead atoms. The molecule has 3 N–H and O–H groups in total. The lowest BCUT2D eigenvalue weighted by atomic mass is 10.3. The van der Waals surface area contributed by atoms with E-state index in [9.17, 15) is 0 Å². The second-order valence-corrected chi connectivity index (χ2v) is 5.26. The molecule has 2 rings (SSSR count). The van der Waals surface area contributed by atoms with Gasteiger partial charge in [0.1, 0.15) is 5.82 Å². The zero-order chi connectivity index (χ0) is 15.1. The molecule has 0 spiro atoms. The average molecular weight is 290 g/mol. The molecule has 0 amide bonds. The van der Waals surface area contributed by atoms with Crippen LogP contribution in [0.5, 0.6) is 0 Å². The maximum atomic E-state index is 9.15. The van der Waals surface area contributed by atoms with Crippen molar-refractivity contribution in [1.29, 1.82) is 0 Å². The number of unbranched alkanes of at least 4 members (excludes halogenated alkanes) is 1. The van der Waals surface area contributed by atoms with E-state index in [-0.39, 0.29) is 6.61 Å². The van der Waals surface area contributed by atoms with Crippen LogP contribution in [0.25, 0.3) is 11.0 Å². The van der Waals surface area contributed by atoms with Crippen LogP contribution in [-0.4, -0.2) is 45.8 Å². The maximum absolute atomic E-state index is 9.15. The van der Waals surface area contributed by atoms with E-state index in [1.165, 1.54) is 5.52 Å². The summed E-state index contributed by atoms with van der Waals surface area (Å²) >= 11 is 0. The van der Waals surface area contributed by atoms with Crippen LogP contribution in [0.15, 0.2) is 24.3 Å². The zero-order valence-electron chi connectivity index (χ0n) is 12.8. The summed E-state index contributed by atoms with van der Waals surface area (Å²) in [6.45, 7) is 6.33. The molecule has 21 heavy (non-hydrogen) atoms. The number of aliphatic hydroxyl groups excluding tert-OH is 1. The third kappa shape index (κ3) is 4.03. The number of imidazole rings is 1. The molecule has 5 heteroatoms. The number of aryl methyl sites for hydroxylation is 1. The molecule has 2 aromatic rings. The molecule has 0 aliphatic carbocycles. The molecule has 1 aromatic heterocycles. The molecule has 116 valence electrons. The highest BCUT2D eigenvalue weighted by Crippen LogP contribution is 2.18. The van der Waals surface area contributed by atoms with Gasteiger partial charge in [0.05, 0.1) is 24.2 Å². The first-order valence-electron chi connectivity index (χ1n) is 7.77. The Morgan fingerprint density at radius 2 is 2.10 bits per heavy atom. The van der Waals surface area contributed by atoms with Gasteiger partial charge in [0.25, 0.3) is 0 Å². The fraction of sp³-hybridized carbons (Fsp3) is 0.562. The number of hydrogen-bond acceptors (Lipinski definition) is 4. The summed E-state index contributed by atoms with van der Waals surface area (Å²) in [5.41, 5.74) is 7.83. The lowest BCUT2D eigenvalue weighted by molar-refractivity contribution is 0.192. The molecule has 1 aromatic carbocycles. The fourth-order valence-electron chi connectivity index (χ4n) is 2.60. The van der Waals surface area contributed by atoms with Gasteiger partial charge in [-0.15, -0.1) is 0 Å². The van der Waals surface area contributed by atoms with E-state index < -0.39 is 0 Å². The van der Waals surface area contributed by atoms with Crippen molar-refractivity contribution in [2.24, 2.45) is 5.73 Å². The summed E-state index contributed by atoms with van der Waals surface area (Å²) in [6, 6.07) is 8.25. The van der Waals surface area contributed by atoms with Crippen molar-refractivity contribution in [2.45, 2.75) is 32.9 Å². The van der Waals surface area contributed by atoms with Crippen molar-refractivity contribution in [2.75, 3.05) is 26.2 Å². The summed E-state index contributed by atoms with van der Waals surface area (Å²) in [4.78, 5) is 6.98. The highest BCUT2D eigenvalue weighted by Gasteiger charge is 2.13. The minimum absolute atomic E-state index is 0.182. The summed E-state index contributed by atoms with van der Waals surface area (Å²) in [7, 11) is 0. The van der Waals surface area contributed by atoms with Crippen LogP contribution < -0.4 is 5.73 Å². The van der Waals surface area contributed by atoms with E-state index in [4.69, 9.17) is 15.8 Å². The molecule has 0 unspecified atom stereocenters. The number of nitrogens with zero attached hydrogens (tertiary/aromatic N) is 3. The van der Waals surface area contributed by atoms with E-state index in [0.29, 0.717) is 6.54 Å². The van der Waals surface area contributed by atoms with Gasteiger partial charge >= 0.3 is 0 Å². The van der Waals surface area contributed by atoms with Crippen LogP contribution >= 0.6 is 0 Å². The molecule has 0 saturated carbocycles. The Labute approximate surface area is 126 Å². The van der Waals surface area contributed by atoms with Crippen molar-refractivity contribution in [1.82, 2.24) is 14.5 Å². The Morgan fingerprint density at radius 1 is 1.29 bits per heavy atom. The van der Waals surface area contributed by atoms with Crippen molar-refractivity contribution in [3.8, 4) is 0 Å². The summed E-state index contributed by atoms with van der Waals surface area (Å²) in [5.74, 6) is 1.07. The number of rotatable bonds is 9. The Kier molecular flexibility index (Phi) is 6.17. The quantitative estimate of drug-likeness (QED) is 0.688. The largest absolute Gasteiger partial charge is 0.395 e. The highest BCUT2D eigenvalue weighted by molar-refractivity contribution is 5.75. The second-order valence-electron chi connectivity index (χ2n) is 5.26. The normalized spacial score (nSPS) is 11.6. The predicted octanol–water partition coefficient (Wildman–Crippen LogP) is 1.59. The number of aliphatic hydroxyl groups is 1. The average Bonchev–Trinajstić information content (AvgIpc) is 2.85. The molecule has 5 nitrogen and oxygen atoms in total. The van der Waals surface area contributed by atoms with Crippen LogP contribution in [0.1, 0.15) is 25.6 Å². The number of hydrogen-bond donors (Lipinski definition) is 2. The Balaban J connectivity index is 2.25. The van der Waals surface area contributed by atoms with Gasteiger partial charge in [0.2, 0.25) is 0 Å². The van der Waals surface area contributed by atoms with E-state index in [0.717, 1.165) is 50.4 Å². The third-order valence-electron chi connectivity index (χ3n) is 3.80. The topological polar surface area (TPSA) is 67.3 Å². The van der Waals surface area contributed by atoms with Crippen LogP contribution in [-0.2, 0) is 13.1 Å². The van der Waals surface area contributed by atoms with Gasteiger partial charge in [-0.1, -0.05) is 19.1 Å². The Morgan fingerprint density at radius 3 is 2.81 bits per heavy atom. The molecule has 1 heterocycles. The summed E-state index contributed by atoms with van der Waals surface area (Å²) in [6.07, 6.45) is 2.09. The minimum atomic E-state index is 0.182. The van der Waals surface area contributed by atoms with E-state index >= 15 is 0 Å². The Hall–Kier alpha value is -1.43. The monoisotopic (exact) mass is 290 g/mol. The molecule has 0 aliphatic rings. The van der Waals surface area contributed by atoms with E-state index in [1.54, 1.807) is 0 Å². The predicted molar refractivity (Wildman–Crippen MR) is 86.1 cm³/mol. The Bertz CT molecular complexity index is 552. The standard InChI is InChI=1S/C16H26N4O/c1-2-19(11-12-21)13-16-18-14-7-3-4-8-15(14)20(16)10-6-5-9-17/h3-4,7-8,21H,2,5-6,9-13,17H2,1H3. The number of benzene rings is 1. The number of para-hydroxylation sites is 2. The number of aromatic nitrogens is 2. The fourth-order valence-corrected chi connectivity index (χ4v) is 2.60. The maximum Gasteiger partial charge on any atom is 0.124 e. The van der Waals surface area contributed by atoms with Gasteiger partial charge < -0.3 is 15.4 Å². The van der Waals surface area contributed by atoms with Gasteiger partial charge in [0, 0.05) is 13.1 Å². The second kappa shape index (κ2) is 8.12.